The summed E-state index contributed by atoms with van der Waals surface area (Å²) in [6.07, 6.45) is 0. The quantitative estimate of drug-likeness (QED) is 0.278. The van der Waals surface area contributed by atoms with Crippen LogP contribution in [0.4, 0.5) is 11.4 Å². The number of nitrogens with zero attached hydrogens (tertiary/aromatic N) is 2. The Labute approximate surface area is 170 Å². The topological polar surface area (TPSA) is 107 Å². The lowest BCUT2D eigenvalue weighted by Gasteiger charge is -2.13. The average Bonchev–Trinajstić information content (AvgIpc) is 3.02. The second-order valence-corrected chi connectivity index (χ2v) is 6.54. The minimum Gasteiger partial charge on any atom is -0.457 e. The summed E-state index contributed by atoms with van der Waals surface area (Å²) in [6, 6.07) is 18.4. The molecule has 3 aromatic rings. The lowest BCUT2D eigenvalue weighted by Crippen LogP contribution is -2.29. The normalized spacial score (nSPS) is 12.6. The number of anilines is 1. The molecule has 1 heterocycles. The first-order chi connectivity index (χ1) is 14.5. The maximum Gasteiger partial charge on any atom is 0.338 e. The molecule has 0 N–H and O–H groups in total. The smallest absolute Gasteiger partial charge is 0.338 e. The summed E-state index contributed by atoms with van der Waals surface area (Å²) in [4.78, 5) is 49.0. The molecule has 3 aromatic carbocycles. The van der Waals surface area contributed by atoms with Crippen molar-refractivity contribution in [1.29, 1.82) is 0 Å². The van der Waals surface area contributed by atoms with Crippen molar-refractivity contribution in [3.05, 3.63) is 105 Å². The van der Waals surface area contributed by atoms with Crippen LogP contribution in [0, 0.1) is 10.1 Å². The molecule has 0 saturated heterocycles. The predicted octanol–water partition coefficient (Wildman–Crippen LogP) is 3.75. The summed E-state index contributed by atoms with van der Waals surface area (Å²) in [5, 5.41) is 10.7. The standard InChI is InChI=1S/C22H14N2O6/c25-20-18-11-8-15(12-19(18)21(26)23(20)16-4-2-1-3-5-16)22(27)30-13-14-6-9-17(10-7-14)24(28)29/h1-12H,13H2. The monoisotopic (exact) mass is 402 g/mol. The number of nitro groups is 1. The largest absolute Gasteiger partial charge is 0.457 e. The van der Waals surface area contributed by atoms with Crippen LogP contribution >= 0.6 is 0 Å². The molecule has 0 radical (unpaired) electrons. The molecule has 0 bridgehead atoms. The van der Waals surface area contributed by atoms with E-state index in [0.29, 0.717) is 11.3 Å². The van der Waals surface area contributed by atoms with Crippen LogP contribution in [0.1, 0.15) is 36.6 Å². The highest BCUT2D eigenvalue weighted by molar-refractivity contribution is 6.34. The zero-order chi connectivity index (χ0) is 21.3. The number of para-hydroxylation sites is 1. The molecule has 1 aliphatic heterocycles. The molecule has 0 spiro atoms. The lowest BCUT2D eigenvalue weighted by molar-refractivity contribution is -0.384. The number of non-ortho nitro benzene ring substituents is 1. The zero-order valence-corrected chi connectivity index (χ0v) is 15.5. The van der Waals surface area contributed by atoms with Gasteiger partial charge < -0.3 is 4.74 Å². The Morgan fingerprint density at radius 1 is 0.900 bits per heavy atom. The van der Waals surface area contributed by atoms with Gasteiger partial charge in [-0.2, -0.15) is 0 Å². The van der Waals surface area contributed by atoms with Gasteiger partial charge in [0.2, 0.25) is 0 Å². The first-order valence-electron chi connectivity index (χ1n) is 8.94. The summed E-state index contributed by atoms with van der Waals surface area (Å²) < 4.78 is 5.23. The van der Waals surface area contributed by atoms with Gasteiger partial charge in [0.1, 0.15) is 6.61 Å². The minimum atomic E-state index is -0.672. The molecule has 8 heteroatoms. The number of hydrogen-bond acceptors (Lipinski definition) is 6. The van der Waals surface area contributed by atoms with E-state index in [4.69, 9.17) is 4.74 Å². The summed E-state index contributed by atoms with van der Waals surface area (Å²) >= 11 is 0. The van der Waals surface area contributed by atoms with Gasteiger partial charge in [-0.1, -0.05) is 18.2 Å². The van der Waals surface area contributed by atoms with Crippen molar-refractivity contribution in [1.82, 2.24) is 0 Å². The Bertz CT molecular complexity index is 1170. The molecule has 4 rings (SSSR count). The molecule has 30 heavy (non-hydrogen) atoms. The molecular weight excluding hydrogens is 388 g/mol. The second-order valence-electron chi connectivity index (χ2n) is 6.54. The van der Waals surface area contributed by atoms with Crippen LogP contribution in [0.25, 0.3) is 0 Å². The number of carbonyl (C=O) groups excluding carboxylic acids is 3. The van der Waals surface area contributed by atoms with Gasteiger partial charge in [0.25, 0.3) is 17.5 Å². The first kappa shape index (κ1) is 19.0. The van der Waals surface area contributed by atoms with Crippen molar-refractivity contribution in [3.63, 3.8) is 0 Å². The van der Waals surface area contributed by atoms with E-state index in [0.717, 1.165) is 4.90 Å². The van der Waals surface area contributed by atoms with E-state index in [1.165, 1.54) is 42.5 Å². The minimum absolute atomic E-state index is 0.0603. The van der Waals surface area contributed by atoms with Gasteiger partial charge in [0, 0.05) is 12.1 Å². The number of esters is 1. The molecule has 0 atom stereocenters. The zero-order valence-electron chi connectivity index (χ0n) is 15.5. The summed E-state index contributed by atoms with van der Waals surface area (Å²) in [7, 11) is 0. The van der Waals surface area contributed by atoms with Gasteiger partial charge in [0.05, 0.1) is 27.3 Å². The van der Waals surface area contributed by atoms with Crippen LogP contribution in [0.5, 0.6) is 0 Å². The maximum atomic E-state index is 12.7. The van der Waals surface area contributed by atoms with Gasteiger partial charge in [-0.05, 0) is 48.0 Å². The number of hydrogen-bond donors (Lipinski definition) is 0. The van der Waals surface area contributed by atoms with E-state index >= 15 is 0 Å². The fourth-order valence-corrected chi connectivity index (χ4v) is 3.13. The molecule has 0 aromatic heterocycles. The number of amides is 2. The number of ether oxygens (including phenoxy) is 1. The van der Waals surface area contributed by atoms with Crippen LogP contribution in [-0.2, 0) is 11.3 Å². The van der Waals surface area contributed by atoms with Crippen molar-refractivity contribution >= 4 is 29.2 Å². The Kier molecular flexibility index (Phi) is 4.81. The van der Waals surface area contributed by atoms with Crippen molar-refractivity contribution in [2.45, 2.75) is 6.61 Å². The molecule has 2 amide bonds. The fourth-order valence-electron chi connectivity index (χ4n) is 3.13. The Hall–Kier alpha value is -4.33. The van der Waals surface area contributed by atoms with E-state index < -0.39 is 22.7 Å². The SMILES string of the molecule is O=C(OCc1ccc([N+](=O)[O-])cc1)c1ccc2c(c1)C(=O)N(c1ccccc1)C2=O. The number of benzene rings is 3. The average molecular weight is 402 g/mol. The molecule has 0 fully saturated rings. The number of carbonyl (C=O) groups is 3. The number of imide groups is 1. The van der Waals surface area contributed by atoms with Crippen molar-refractivity contribution in [2.24, 2.45) is 0 Å². The highest BCUT2D eigenvalue weighted by Gasteiger charge is 2.37. The van der Waals surface area contributed by atoms with Crippen molar-refractivity contribution in [3.8, 4) is 0 Å². The van der Waals surface area contributed by atoms with Gasteiger partial charge in [-0.25, -0.2) is 9.69 Å². The van der Waals surface area contributed by atoms with Crippen LogP contribution in [0.2, 0.25) is 0 Å². The number of fused-ring (bicyclic) bond motifs is 1. The Morgan fingerprint density at radius 2 is 1.57 bits per heavy atom. The van der Waals surface area contributed by atoms with Crippen LogP contribution in [0.15, 0.2) is 72.8 Å². The molecule has 0 saturated carbocycles. The first-order valence-corrected chi connectivity index (χ1v) is 8.94. The molecular formula is C22H14N2O6. The Balaban J connectivity index is 1.50. The van der Waals surface area contributed by atoms with Crippen LogP contribution in [-0.4, -0.2) is 22.7 Å². The van der Waals surface area contributed by atoms with Gasteiger partial charge in [0.15, 0.2) is 0 Å². The van der Waals surface area contributed by atoms with Gasteiger partial charge in [-0.15, -0.1) is 0 Å². The second kappa shape index (κ2) is 7.59. The van der Waals surface area contributed by atoms with E-state index in [2.05, 4.69) is 0 Å². The van der Waals surface area contributed by atoms with E-state index in [1.807, 2.05) is 0 Å². The Morgan fingerprint density at radius 3 is 2.23 bits per heavy atom. The molecule has 0 unspecified atom stereocenters. The predicted molar refractivity (Wildman–Crippen MR) is 106 cm³/mol. The summed E-state index contributed by atoms with van der Waals surface area (Å²) in [6.45, 7) is -0.0864. The molecule has 0 aliphatic carbocycles. The van der Waals surface area contributed by atoms with Gasteiger partial charge in [-0.3, -0.25) is 19.7 Å². The van der Waals surface area contributed by atoms with Crippen LogP contribution in [0.3, 0.4) is 0 Å². The molecule has 148 valence electrons. The third kappa shape index (κ3) is 3.42. The maximum absolute atomic E-state index is 12.7. The molecule has 1 aliphatic rings. The summed E-state index contributed by atoms with van der Waals surface area (Å²) in [5.74, 6) is -1.63. The van der Waals surface area contributed by atoms with E-state index in [-0.39, 0.29) is 29.0 Å². The van der Waals surface area contributed by atoms with Crippen LogP contribution < -0.4 is 4.90 Å². The number of rotatable bonds is 5. The van der Waals surface area contributed by atoms with Crippen molar-refractivity contribution < 1.29 is 24.0 Å². The highest BCUT2D eigenvalue weighted by atomic mass is 16.6. The van der Waals surface area contributed by atoms with Crippen molar-refractivity contribution in [2.75, 3.05) is 4.90 Å². The number of nitro benzene ring substituents is 1. The highest BCUT2D eigenvalue weighted by Crippen LogP contribution is 2.29. The third-order valence-corrected chi connectivity index (χ3v) is 4.65. The molecule has 8 nitrogen and oxygen atoms in total. The lowest BCUT2D eigenvalue weighted by atomic mass is 10.1. The third-order valence-electron chi connectivity index (χ3n) is 4.65. The summed E-state index contributed by atoms with van der Waals surface area (Å²) in [5.41, 5.74) is 1.45. The van der Waals surface area contributed by atoms with E-state index in [9.17, 15) is 24.5 Å². The van der Waals surface area contributed by atoms with E-state index in [1.54, 1.807) is 30.3 Å². The fraction of sp³-hybridized carbons (Fsp3) is 0.0455. The van der Waals surface area contributed by atoms with Gasteiger partial charge >= 0.3 is 5.97 Å².